The number of rotatable bonds is 9. The first-order valence-electron chi connectivity index (χ1n) is 6.37. The van der Waals surface area contributed by atoms with Gasteiger partial charge in [-0.05, 0) is 31.8 Å². The standard InChI is InChI=1S/C14H22O2/c1-12(15)8-11-14(16)7-5-3-2-4-6-13-9-10-13/h5,7,13H,2-4,6,8-11H2,1H3/b7-5+. The van der Waals surface area contributed by atoms with E-state index in [9.17, 15) is 9.59 Å². The summed E-state index contributed by atoms with van der Waals surface area (Å²) < 4.78 is 0. The van der Waals surface area contributed by atoms with Crippen LogP contribution >= 0.6 is 0 Å². The van der Waals surface area contributed by atoms with Crippen LogP contribution in [0.5, 0.6) is 0 Å². The third kappa shape index (κ3) is 7.38. The van der Waals surface area contributed by atoms with Gasteiger partial charge in [0.05, 0.1) is 0 Å². The molecule has 0 aliphatic heterocycles. The first kappa shape index (κ1) is 13.1. The number of hydrogen-bond donors (Lipinski definition) is 0. The summed E-state index contributed by atoms with van der Waals surface area (Å²) in [6, 6.07) is 0. The summed E-state index contributed by atoms with van der Waals surface area (Å²) in [7, 11) is 0. The van der Waals surface area contributed by atoms with Gasteiger partial charge in [0.15, 0.2) is 5.78 Å². The van der Waals surface area contributed by atoms with Gasteiger partial charge in [0.2, 0.25) is 0 Å². The molecule has 0 aromatic rings. The topological polar surface area (TPSA) is 34.1 Å². The highest BCUT2D eigenvalue weighted by molar-refractivity contribution is 5.92. The Balaban J connectivity index is 1.93. The lowest BCUT2D eigenvalue weighted by Crippen LogP contribution is -1.97. The van der Waals surface area contributed by atoms with E-state index in [0.717, 1.165) is 12.3 Å². The molecular weight excluding hydrogens is 200 g/mol. The highest BCUT2D eigenvalue weighted by Crippen LogP contribution is 2.33. The van der Waals surface area contributed by atoms with Crippen LogP contribution < -0.4 is 0 Å². The average molecular weight is 222 g/mol. The second-order valence-electron chi connectivity index (χ2n) is 4.80. The van der Waals surface area contributed by atoms with Crippen molar-refractivity contribution in [3.05, 3.63) is 12.2 Å². The Morgan fingerprint density at radius 1 is 1.19 bits per heavy atom. The molecule has 0 radical (unpaired) electrons. The van der Waals surface area contributed by atoms with Gasteiger partial charge in [-0.25, -0.2) is 0 Å². The van der Waals surface area contributed by atoms with Gasteiger partial charge in [-0.15, -0.1) is 0 Å². The van der Waals surface area contributed by atoms with Crippen LogP contribution in [0.25, 0.3) is 0 Å². The molecule has 0 amide bonds. The number of ketones is 2. The van der Waals surface area contributed by atoms with Gasteiger partial charge in [-0.3, -0.25) is 4.79 Å². The van der Waals surface area contributed by atoms with Gasteiger partial charge in [0, 0.05) is 12.8 Å². The molecule has 0 spiro atoms. The van der Waals surface area contributed by atoms with E-state index in [1.165, 1.54) is 39.0 Å². The number of carbonyl (C=O) groups is 2. The maximum absolute atomic E-state index is 11.3. The number of hydrogen-bond acceptors (Lipinski definition) is 2. The smallest absolute Gasteiger partial charge is 0.155 e. The fourth-order valence-electron chi connectivity index (χ4n) is 1.70. The average Bonchev–Trinajstić information content (AvgIpc) is 3.04. The Hall–Kier alpha value is -0.920. The van der Waals surface area contributed by atoms with E-state index in [2.05, 4.69) is 0 Å². The lowest BCUT2D eigenvalue weighted by atomic mass is 10.1. The second kappa shape index (κ2) is 7.37. The van der Waals surface area contributed by atoms with Gasteiger partial charge in [0.1, 0.15) is 5.78 Å². The van der Waals surface area contributed by atoms with Gasteiger partial charge < -0.3 is 4.79 Å². The SMILES string of the molecule is CC(=O)CCC(=O)/C=C/CCCCC1CC1. The van der Waals surface area contributed by atoms with E-state index < -0.39 is 0 Å². The molecule has 0 heterocycles. The van der Waals surface area contributed by atoms with E-state index >= 15 is 0 Å². The Labute approximate surface area is 98.1 Å². The van der Waals surface area contributed by atoms with E-state index in [4.69, 9.17) is 0 Å². The minimum absolute atomic E-state index is 0.0809. The Bertz CT molecular complexity index is 262. The summed E-state index contributed by atoms with van der Waals surface area (Å²) in [6.07, 6.45) is 12.0. The number of unbranched alkanes of at least 4 members (excludes halogenated alkanes) is 2. The summed E-state index contributed by atoms with van der Waals surface area (Å²) in [5.74, 6) is 1.18. The molecule has 2 heteroatoms. The van der Waals surface area contributed by atoms with Crippen molar-refractivity contribution in [3.8, 4) is 0 Å². The predicted molar refractivity (Wildman–Crippen MR) is 65.3 cm³/mol. The largest absolute Gasteiger partial charge is 0.300 e. The third-order valence-corrected chi connectivity index (χ3v) is 2.96. The van der Waals surface area contributed by atoms with Crippen LogP contribution in [0.4, 0.5) is 0 Å². The Morgan fingerprint density at radius 3 is 2.56 bits per heavy atom. The minimum Gasteiger partial charge on any atom is -0.300 e. The minimum atomic E-state index is 0.0809. The van der Waals surface area contributed by atoms with Crippen molar-refractivity contribution in [3.63, 3.8) is 0 Å². The Kier molecular flexibility index (Phi) is 6.05. The summed E-state index contributed by atoms with van der Waals surface area (Å²) in [5.41, 5.74) is 0. The molecule has 90 valence electrons. The molecule has 0 bridgehead atoms. The highest BCUT2D eigenvalue weighted by atomic mass is 16.1. The zero-order valence-electron chi connectivity index (χ0n) is 10.2. The maximum atomic E-state index is 11.3. The molecule has 1 aliphatic rings. The zero-order valence-corrected chi connectivity index (χ0v) is 10.2. The molecule has 1 fully saturated rings. The molecule has 1 rings (SSSR count). The molecular formula is C14H22O2. The van der Waals surface area contributed by atoms with Crippen LogP contribution in [0, 0.1) is 5.92 Å². The van der Waals surface area contributed by atoms with Gasteiger partial charge in [-0.1, -0.05) is 31.8 Å². The van der Waals surface area contributed by atoms with Crippen molar-refractivity contribution >= 4 is 11.6 Å². The fourth-order valence-corrected chi connectivity index (χ4v) is 1.70. The monoisotopic (exact) mass is 222 g/mol. The summed E-state index contributed by atoms with van der Waals surface area (Å²) >= 11 is 0. The highest BCUT2D eigenvalue weighted by Gasteiger charge is 2.19. The summed E-state index contributed by atoms with van der Waals surface area (Å²) in [6.45, 7) is 1.52. The molecule has 1 aliphatic carbocycles. The maximum Gasteiger partial charge on any atom is 0.155 e. The third-order valence-electron chi connectivity index (χ3n) is 2.96. The lowest BCUT2D eigenvalue weighted by molar-refractivity contribution is -0.120. The molecule has 0 aromatic carbocycles. The summed E-state index contributed by atoms with van der Waals surface area (Å²) in [5, 5.41) is 0. The van der Waals surface area contributed by atoms with E-state index in [-0.39, 0.29) is 11.6 Å². The summed E-state index contributed by atoms with van der Waals surface area (Å²) in [4.78, 5) is 21.9. The lowest BCUT2D eigenvalue weighted by Gasteiger charge is -1.95. The first-order valence-corrected chi connectivity index (χ1v) is 6.37. The van der Waals surface area contributed by atoms with Crippen molar-refractivity contribution in [2.75, 3.05) is 0 Å². The van der Waals surface area contributed by atoms with E-state index in [1.54, 1.807) is 6.08 Å². The van der Waals surface area contributed by atoms with E-state index in [0.29, 0.717) is 12.8 Å². The Morgan fingerprint density at radius 2 is 1.94 bits per heavy atom. The van der Waals surface area contributed by atoms with Crippen molar-refractivity contribution in [2.45, 2.75) is 58.3 Å². The molecule has 2 nitrogen and oxygen atoms in total. The zero-order chi connectivity index (χ0) is 11.8. The predicted octanol–water partition coefficient (Wildman–Crippen LogP) is 3.45. The molecule has 0 atom stereocenters. The van der Waals surface area contributed by atoms with Crippen molar-refractivity contribution in [1.29, 1.82) is 0 Å². The molecule has 0 aromatic heterocycles. The van der Waals surface area contributed by atoms with Crippen LogP contribution in [0.15, 0.2) is 12.2 Å². The van der Waals surface area contributed by atoms with Crippen molar-refractivity contribution in [1.82, 2.24) is 0 Å². The van der Waals surface area contributed by atoms with Crippen LogP contribution in [-0.2, 0) is 9.59 Å². The van der Waals surface area contributed by atoms with Gasteiger partial charge >= 0.3 is 0 Å². The normalized spacial score (nSPS) is 15.6. The van der Waals surface area contributed by atoms with Crippen LogP contribution in [0.3, 0.4) is 0 Å². The molecule has 0 N–H and O–H groups in total. The fraction of sp³-hybridized carbons (Fsp3) is 0.714. The first-order chi connectivity index (χ1) is 7.68. The van der Waals surface area contributed by atoms with Crippen LogP contribution in [0.2, 0.25) is 0 Å². The second-order valence-corrected chi connectivity index (χ2v) is 4.80. The van der Waals surface area contributed by atoms with Crippen molar-refractivity contribution < 1.29 is 9.59 Å². The molecule has 1 saturated carbocycles. The van der Waals surface area contributed by atoms with Gasteiger partial charge in [0.25, 0.3) is 0 Å². The quantitative estimate of drug-likeness (QED) is 0.442. The number of carbonyl (C=O) groups excluding carboxylic acids is 2. The number of allylic oxidation sites excluding steroid dienone is 2. The van der Waals surface area contributed by atoms with E-state index in [1.807, 2.05) is 6.08 Å². The van der Waals surface area contributed by atoms with Crippen LogP contribution in [0.1, 0.15) is 58.3 Å². The van der Waals surface area contributed by atoms with Crippen molar-refractivity contribution in [2.24, 2.45) is 5.92 Å². The number of Topliss-reactive ketones (excluding diaryl/α,β-unsaturated/α-hetero) is 1. The molecule has 16 heavy (non-hydrogen) atoms. The van der Waals surface area contributed by atoms with Crippen LogP contribution in [-0.4, -0.2) is 11.6 Å². The molecule has 0 unspecified atom stereocenters. The van der Waals surface area contributed by atoms with Gasteiger partial charge in [-0.2, -0.15) is 0 Å². The molecule has 0 saturated heterocycles.